The van der Waals surface area contributed by atoms with Gasteiger partial charge in [0.1, 0.15) is 5.52 Å². The first-order valence-corrected chi connectivity index (χ1v) is 9.15. The largest absolute Gasteiger partial charge is 0.370 e. The van der Waals surface area contributed by atoms with Gasteiger partial charge in [-0.2, -0.15) is 0 Å². The summed E-state index contributed by atoms with van der Waals surface area (Å²) in [4.78, 5) is 30.1. The molecular weight excluding hydrogens is 314 g/mol. The molecule has 1 aliphatic heterocycles. The third-order valence-electron chi connectivity index (χ3n) is 4.98. The standard InChI is InChI=1S/C19H27N5O/c1-5-15-16(6-2)22-18-17(21-15)11-14(12-20-18)24-9-7-13(8-10-24)19(25)23(3)4/h11-13H,5-10H2,1-4H3. The number of carbonyl (C=O) groups excluding carboxylic acids is 1. The molecule has 134 valence electrons. The number of carbonyl (C=O) groups is 1. The molecule has 1 saturated heterocycles. The molecule has 1 aliphatic rings. The number of hydrogen-bond donors (Lipinski definition) is 0. The van der Waals surface area contributed by atoms with Crippen LogP contribution in [0, 0.1) is 5.92 Å². The van der Waals surface area contributed by atoms with Gasteiger partial charge in [0.05, 0.1) is 23.3 Å². The number of nitrogens with zero attached hydrogens (tertiary/aromatic N) is 5. The van der Waals surface area contributed by atoms with Crippen LogP contribution in [0.15, 0.2) is 12.3 Å². The first-order valence-electron chi connectivity index (χ1n) is 9.15. The molecule has 1 amide bonds. The predicted molar refractivity (Wildman–Crippen MR) is 99.7 cm³/mol. The predicted octanol–water partition coefficient (Wildman–Crippen LogP) is 2.45. The average Bonchev–Trinajstić information content (AvgIpc) is 2.65. The van der Waals surface area contributed by atoms with E-state index in [2.05, 4.69) is 34.8 Å². The van der Waals surface area contributed by atoms with Crippen molar-refractivity contribution in [2.75, 3.05) is 32.1 Å². The van der Waals surface area contributed by atoms with Gasteiger partial charge in [0.25, 0.3) is 0 Å². The second-order valence-corrected chi connectivity index (χ2v) is 6.85. The molecular formula is C19H27N5O. The molecule has 6 nitrogen and oxygen atoms in total. The summed E-state index contributed by atoms with van der Waals surface area (Å²) in [6, 6.07) is 2.09. The molecule has 6 heteroatoms. The summed E-state index contributed by atoms with van der Waals surface area (Å²) in [6.07, 6.45) is 5.42. The van der Waals surface area contributed by atoms with Crippen molar-refractivity contribution in [1.29, 1.82) is 0 Å². The number of anilines is 1. The fourth-order valence-corrected chi connectivity index (χ4v) is 3.49. The zero-order valence-electron chi connectivity index (χ0n) is 15.6. The van der Waals surface area contributed by atoms with Gasteiger partial charge < -0.3 is 9.80 Å². The van der Waals surface area contributed by atoms with Crippen LogP contribution >= 0.6 is 0 Å². The van der Waals surface area contributed by atoms with E-state index in [4.69, 9.17) is 4.98 Å². The summed E-state index contributed by atoms with van der Waals surface area (Å²) < 4.78 is 0. The fraction of sp³-hybridized carbons (Fsp3) is 0.579. The molecule has 0 radical (unpaired) electrons. The van der Waals surface area contributed by atoms with E-state index in [0.717, 1.165) is 67.0 Å². The highest BCUT2D eigenvalue weighted by Crippen LogP contribution is 2.25. The van der Waals surface area contributed by atoms with Crippen molar-refractivity contribution in [3.63, 3.8) is 0 Å². The third kappa shape index (κ3) is 3.57. The number of fused-ring (bicyclic) bond motifs is 1. The molecule has 0 bridgehead atoms. The maximum Gasteiger partial charge on any atom is 0.225 e. The van der Waals surface area contributed by atoms with Crippen LogP contribution in [0.5, 0.6) is 0 Å². The van der Waals surface area contributed by atoms with Gasteiger partial charge in [0, 0.05) is 33.1 Å². The Balaban J connectivity index is 1.79. The van der Waals surface area contributed by atoms with E-state index in [1.54, 1.807) is 4.90 Å². The number of pyridine rings is 1. The van der Waals surface area contributed by atoms with Crippen molar-refractivity contribution in [3.8, 4) is 0 Å². The van der Waals surface area contributed by atoms with Gasteiger partial charge in [-0.15, -0.1) is 0 Å². The molecule has 3 rings (SSSR count). The number of piperidine rings is 1. The van der Waals surface area contributed by atoms with Gasteiger partial charge in [-0.25, -0.2) is 15.0 Å². The normalized spacial score (nSPS) is 15.6. The molecule has 2 aromatic heterocycles. The zero-order chi connectivity index (χ0) is 18.0. The molecule has 0 N–H and O–H groups in total. The molecule has 0 aliphatic carbocycles. The summed E-state index contributed by atoms with van der Waals surface area (Å²) in [7, 11) is 3.66. The van der Waals surface area contributed by atoms with Crippen LogP contribution in [0.1, 0.15) is 38.1 Å². The van der Waals surface area contributed by atoms with Crippen molar-refractivity contribution < 1.29 is 4.79 Å². The lowest BCUT2D eigenvalue weighted by Crippen LogP contribution is -2.40. The summed E-state index contributed by atoms with van der Waals surface area (Å²) in [5.74, 6) is 0.375. The van der Waals surface area contributed by atoms with E-state index in [0.29, 0.717) is 0 Å². The maximum atomic E-state index is 12.1. The van der Waals surface area contributed by atoms with Crippen molar-refractivity contribution in [2.24, 2.45) is 5.92 Å². The maximum absolute atomic E-state index is 12.1. The lowest BCUT2D eigenvalue weighted by Gasteiger charge is -2.33. The van der Waals surface area contributed by atoms with Gasteiger partial charge in [0.2, 0.25) is 5.91 Å². The van der Waals surface area contributed by atoms with Gasteiger partial charge in [-0.05, 0) is 31.7 Å². The van der Waals surface area contributed by atoms with Crippen LogP contribution in [0.4, 0.5) is 5.69 Å². The molecule has 1 fully saturated rings. The molecule has 0 aromatic carbocycles. The van der Waals surface area contributed by atoms with E-state index >= 15 is 0 Å². The molecule has 2 aromatic rings. The summed E-state index contributed by atoms with van der Waals surface area (Å²) >= 11 is 0. The molecule has 25 heavy (non-hydrogen) atoms. The average molecular weight is 341 g/mol. The molecule has 3 heterocycles. The number of aromatic nitrogens is 3. The highest BCUT2D eigenvalue weighted by molar-refractivity contribution is 5.79. The fourth-order valence-electron chi connectivity index (χ4n) is 3.49. The number of hydrogen-bond acceptors (Lipinski definition) is 5. The minimum absolute atomic E-state index is 0.137. The van der Waals surface area contributed by atoms with Gasteiger partial charge in [0.15, 0.2) is 5.65 Å². The second-order valence-electron chi connectivity index (χ2n) is 6.85. The topological polar surface area (TPSA) is 62.2 Å². The Morgan fingerprint density at radius 3 is 2.40 bits per heavy atom. The van der Waals surface area contributed by atoms with E-state index in [1.165, 1.54) is 0 Å². The minimum Gasteiger partial charge on any atom is -0.370 e. The van der Waals surface area contributed by atoms with Crippen LogP contribution < -0.4 is 4.90 Å². The lowest BCUT2D eigenvalue weighted by molar-refractivity contribution is -0.133. The Morgan fingerprint density at radius 2 is 1.80 bits per heavy atom. The highest BCUT2D eigenvalue weighted by Gasteiger charge is 2.26. The van der Waals surface area contributed by atoms with Crippen molar-refractivity contribution >= 4 is 22.8 Å². The van der Waals surface area contributed by atoms with Gasteiger partial charge in [-0.3, -0.25) is 4.79 Å². The summed E-state index contributed by atoms with van der Waals surface area (Å²) in [5, 5.41) is 0. The zero-order valence-corrected chi connectivity index (χ0v) is 15.6. The van der Waals surface area contributed by atoms with Crippen LogP contribution in [0.25, 0.3) is 11.2 Å². The van der Waals surface area contributed by atoms with Crippen LogP contribution in [-0.4, -0.2) is 52.9 Å². The molecule has 0 unspecified atom stereocenters. The van der Waals surface area contributed by atoms with Crippen molar-refractivity contribution in [3.05, 3.63) is 23.7 Å². The highest BCUT2D eigenvalue weighted by atomic mass is 16.2. The van der Waals surface area contributed by atoms with Crippen molar-refractivity contribution in [1.82, 2.24) is 19.9 Å². The Hall–Kier alpha value is -2.24. The van der Waals surface area contributed by atoms with E-state index in [-0.39, 0.29) is 11.8 Å². The third-order valence-corrected chi connectivity index (χ3v) is 4.98. The van der Waals surface area contributed by atoms with E-state index in [1.807, 2.05) is 20.3 Å². The smallest absolute Gasteiger partial charge is 0.225 e. The van der Waals surface area contributed by atoms with Crippen LogP contribution in [0.3, 0.4) is 0 Å². The summed E-state index contributed by atoms with van der Waals surface area (Å²) in [6.45, 7) is 5.96. The summed E-state index contributed by atoms with van der Waals surface area (Å²) in [5.41, 5.74) is 4.75. The minimum atomic E-state index is 0.137. The molecule has 0 saturated carbocycles. The first-order chi connectivity index (χ1) is 12.0. The van der Waals surface area contributed by atoms with Gasteiger partial charge in [-0.1, -0.05) is 13.8 Å². The van der Waals surface area contributed by atoms with Crippen molar-refractivity contribution in [2.45, 2.75) is 39.5 Å². The number of rotatable bonds is 4. The number of amides is 1. The second kappa shape index (κ2) is 7.33. The molecule has 0 spiro atoms. The molecule has 0 atom stereocenters. The first kappa shape index (κ1) is 17.6. The van der Waals surface area contributed by atoms with Gasteiger partial charge >= 0.3 is 0 Å². The quantitative estimate of drug-likeness (QED) is 0.855. The van der Waals surface area contributed by atoms with Crippen LogP contribution in [-0.2, 0) is 17.6 Å². The Labute approximate surface area is 149 Å². The SMILES string of the molecule is CCc1nc2cc(N3CCC(C(=O)N(C)C)CC3)cnc2nc1CC. The Morgan fingerprint density at radius 1 is 1.16 bits per heavy atom. The monoisotopic (exact) mass is 341 g/mol. The number of aryl methyl sites for hydroxylation is 2. The van der Waals surface area contributed by atoms with E-state index in [9.17, 15) is 4.79 Å². The lowest BCUT2D eigenvalue weighted by atomic mass is 9.95. The Bertz CT molecular complexity index is 766. The van der Waals surface area contributed by atoms with E-state index < -0.39 is 0 Å². The van der Waals surface area contributed by atoms with Crippen LogP contribution in [0.2, 0.25) is 0 Å². The Kier molecular flexibility index (Phi) is 5.16.